The van der Waals surface area contributed by atoms with Crippen LogP contribution in [-0.2, 0) is 15.6 Å². The Bertz CT molecular complexity index is 862. The van der Waals surface area contributed by atoms with Crippen molar-refractivity contribution in [3.63, 3.8) is 0 Å². The van der Waals surface area contributed by atoms with Crippen LogP contribution < -0.4 is 0 Å². The number of methoxy groups -OCH3 is 1. The Hall–Kier alpha value is -2.42. The van der Waals surface area contributed by atoms with Gasteiger partial charge in [-0.2, -0.15) is 0 Å². The lowest BCUT2D eigenvalue weighted by Crippen LogP contribution is -2.34. The number of allylic oxidation sites excluding steroid dienone is 1. The number of pyridine rings is 1. The van der Waals surface area contributed by atoms with Gasteiger partial charge in [-0.3, -0.25) is 0 Å². The second-order valence-electron chi connectivity index (χ2n) is 8.75. The van der Waals surface area contributed by atoms with Crippen molar-refractivity contribution in [1.82, 2.24) is 4.98 Å². The van der Waals surface area contributed by atoms with Crippen LogP contribution in [0.4, 0.5) is 0 Å². The molecule has 1 aromatic carbocycles. The third-order valence-electron chi connectivity index (χ3n) is 6.01. The van der Waals surface area contributed by atoms with Crippen LogP contribution in [0.3, 0.4) is 0 Å². The van der Waals surface area contributed by atoms with Crippen molar-refractivity contribution in [2.45, 2.75) is 57.3 Å². The number of benzene rings is 1. The summed E-state index contributed by atoms with van der Waals surface area (Å²) in [6, 6.07) is 10.5. The molecular weight excluding hydrogens is 334 g/mol. The van der Waals surface area contributed by atoms with Crippen molar-refractivity contribution in [2.75, 3.05) is 7.11 Å². The molecule has 0 saturated carbocycles. The van der Waals surface area contributed by atoms with E-state index < -0.39 is 5.97 Å². The van der Waals surface area contributed by atoms with Crippen LogP contribution >= 0.6 is 0 Å². The van der Waals surface area contributed by atoms with E-state index in [1.54, 1.807) is 12.3 Å². The fourth-order valence-electron chi connectivity index (χ4n) is 4.08. The van der Waals surface area contributed by atoms with Gasteiger partial charge in [-0.05, 0) is 52.0 Å². The Labute approximate surface area is 162 Å². The van der Waals surface area contributed by atoms with Crippen LogP contribution in [0.25, 0.3) is 0 Å². The fraction of sp³-hybridized carbons (Fsp3) is 0.417. The highest BCUT2D eigenvalue weighted by Crippen LogP contribution is 2.46. The molecule has 1 aliphatic carbocycles. The topological polar surface area (TPSA) is 39.2 Å². The number of rotatable bonds is 4. The molecule has 0 spiro atoms. The maximum atomic E-state index is 11.6. The molecule has 3 heteroatoms. The number of nitrogens with zero attached hydrogens (tertiary/aromatic N) is 1. The Morgan fingerprint density at radius 3 is 2.26 bits per heavy atom. The number of ether oxygens (including phenoxy) is 1. The summed E-state index contributed by atoms with van der Waals surface area (Å²) < 4.78 is 4.73. The first-order chi connectivity index (χ1) is 12.7. The van der Waals surface area contributed by atoms with E-state index in [1.165, 1.54) is 36.6 Å². The number of hydrogen-bond donors (Lipinski definition) is 0. The fourth-order valence-corrected chi connectivity index (χ4v) is 4.08. The van der Waals surface area contributed by atoms with Crippen LogP contribution in [0.2, 0.25) is 0 Å². The van der Waals surface area contributed by atoms with Gasteiger partial charge in [0.2, 0.25) is 0 Å². The highest BCUT2D eigenvalue weighted by Gasteiger charge is 2.37. The Morgan fingerprint density at radius 1 is 1.07 bits per heavy atom. The molecule has 142 valence electrons. The summed E-state index contributed by atoms with van der Waals surface area (Å²) >= 11 is 0. The number of esters is 1. The standard InChI is InChI=1S/C24H29NO2/c1-7-18(17-9-11-21(25-15-17)22(26)27-6)16-8-10-19-20(14-16)24(4,5)13-12-23(19,2)3/h7-11,14-15,18H,1,12-13H2,2-6H3. The molecule has 2 aromatic rings. The lowest BCUT2D eigenvalue weighted by molar-refractivity contribution is 0.0594. The molecule has 0 amide bonds. The monoisotopic (exact) mass is 363 g/mol. The van der Waals surface area contributed by atoms with Gasteiger partial charge < -0.3 is 4.74 Å². The summed E-state index contributed by atoms with van der Waals surface area (Å²) in [6.45, 7) is 13.4. The number of fused-ring (bicyclic) bond motifs is 1. The zero-order valence-corrected chi connectivity index (χ0v) is 17.0. The summed E-state index contributed by atoms with van der Waals surface area (Å²) in [6.07, 6.45) is 6.07. The zero-order chi connectivity index (χ0) is 19.8. The first kappa shape index (κ1) is 19.3. The predicted molar refractivity (Wildman–Crippen MR) is 109 cm³/mol. The van der Waals surface area contributed by atoms with E-state index in [-0.39, 0.29) is 16.7 Å². The molecule has 1 heterocycles. The van der Waals surface area contributed by atoms with Gasteiger partial charge in [0.25, 0.3) is 0 Å². The van der Waals surface area contributed by atoms with E-state index in [1.807, 2.05) is 12.1 Å². The maximum absolute atomic E-state index is 11.6. The normalized spacial score (nSPS) is 18.3. The second kappa shape index (κ2) is 6.95. The van der Waals surface area contributed by atoms with Crippen LogP contribution in [0.15, 0.2) is 49.2 Å². The Morgan fingerprint density at radius 2 is 1.70 bits per heavy atom. The average molecular weight is 364 g/mol. The molecule has 0 saturated heterocycles. The molecule has 1 aliphatic rings. The van der Waals surface area contributed by atoms with Gasteiger partial charge in [-0.1, -0.05) is 58.0 Å². The lowest BCUT2D eigenvalue weighted by Gasteiger charge is -2.42. The van der Waals surface area contributed by atoms with Crippen molar-refractivity contribution in [3.05, 3.63) is 77.1 Å². The van der Waals surface area contributed by atoms with Gasteiger partial charge in [-0.25, -0.2) is 9.78 Å². The molecule has 3 rings (SSSR count). The smallest absolute Gasteiger partial charge is 0.356 e. The SMILES string of the molecule is C=CC(c1ccc(C(=O)OC)nc1)c1ccc2c(c1)C(C)(C)CCC2(C)C. The molecule has 27 heavy (non-hydrogen) atoms. The van der Waals surface area contributed by atoms with E-state index >= 15 is 0 Å². The molecule has 1 atom stereocenters. The minimum atomic E-state index is -0.422. The second-order valence-corrected chi connectivity index (χ2v) is 8.75. The first-order valence-electron chi connectivity index (χ1n) is 9.51. The summed E-state index contributed by atoms with van der Waals surface area (Å²) in [5, 5.41) is 0. The third-order valence-corrected chi connectivity index (χ3v) is 6.01. The lowest BCUT2D eigenvalue weighted by atomic mass is 9.62. The van der Waals surface area contributed by atoms with Crippen LogP contribution in [0, 0.1) is 0 Å². The molecular formula is C24H29NO2. The minimum absolute atomic E-state index is 0.0373. The molecule has 3 nitrogen and oxygen atoms in total. The van der Waals surface area contributed by atoms with Crippen molar-refractivity contribution >= 4 is 5.97 Å². The van der Waals surface area contributed by atoms with Crippen LogP contribution in [0.5, 0.6) is 0 Å². The van der Waals surface area contributed by atoms with Gasteiger partial charge in [0.1, 0.15) is 5.69 Å². The van der Waals surface area contributed by atoms with Gasteiger partial charge in [-0.15, -0.1) is 6.58 Å². The molecule has 0 N–H and O–H groups in total. The van der Waals surface area contributed by atoms with E-state index in [2.05, 4.69) is 57.5 Å². The van der Waals surface area contributed by atoms with E-state index in [4.69, 9.17) is 4.74 Å². The van der Waals surface area contributed by atoms with Crippen molar-refractivity contribution < 1.29 is 9.53 Å². The molecule has 0 aliphatic heterocycles. The minimum Gasteiger partial charge on any atom is -0.464 e. The van der Waals surface area contributed by atoms with Gasteiger partial charge in [0, 0.05) is 12.1 Å². The predicted octanol–water partition coefficient (Wildman–Crippen LogP) is 5.54. The maximum Gasteiger partial charge on any atom is 0.356 e. The highest BCUT2D eigenvalue weighted by molar-refractivity contribution is 5.87. The summed E-state index contributed by atoms with van der Waals surface area (Å²) in [5.74, 6) is -0.384. The van der Waals surface area contributed by atoms with Crippen molar-refractivity contribution in [1.29, 1.82) is 0 Å². The highest BCUT2D eigenvalue weighted by atomic mass is 16.5. The summed E-state index contributed by atoms with van der Waals surface area (Å²) in [4.78, 5) is 15.9. The summed E-state index contributed by atoms with van der Waals surface area (Å²) in [5.41, 5.74) is 5.80. The number of carbonyl (C=O) groups is 1. The largest absolute Gasteiger partial charge is 0.464 e. The van der Waals surface area contributed by atoms with E-state index in [0.29, 0.717) is 5.69 Å². The Balaban J connectivity index is 2.02. The summed E-state index contributed by atoms with van der Waals surface area (Å²) in [7, 11) is 1.36. The van der Waals surface area contributed by atoms with Crippen molar-refractivity contribution in [3.8, 4) is 0 Å². The van der Waals surface area contributed by atoms with Crippen LogP contribution in [0.1, 0.15) is 79.2 Å². The molecule has 1 aromatic heterocycles. The molecule has 0 fully saturated rings. The van der Waals surface area contributed by atoms with E-state index in [9.17, 15) is 4.79 Å². The molecule has 0 bridgehead atoms. The number of carbonyl (C=O) groups excluding carboxylic acids is 1. The molecule has 1 unspecified atom stereocenters. The number of aromatic nitrogens is 1. The molecule has 0 radical (unpaired) electrons. The Kier molecular flexibility index (Phi) is 4.98. The van der Waals surface area contributed by atoms with Gasteiger partial charge >= 0.3 is 5.97 Å². The number of hydrogen-bond acceptors (Lipinski definition) is 3. The van der Waals surface area contributed by atoms with Gasteiger partial charge in [0.05, 0.1) is 7.11 Å². The van der Waals surface area contributed by atoms with Crippen LogP contribution in [-0.4, -0.2) is 18.1 Å². The van der Waals surface area contributed by atoms with E-state index in [0.717, 1.165) is 5.56 Å². The third kappa shape index (κ3) is 3.55. The quantitative estimate of drug-likeness (QED) is 0.529. The van der Waals surface area contributed by atoms with Crippen molar-refractivity contribution in [2.24, 2.45) is 0 Å². The van der Waals surface area contributed by atoms with Gasteiger partial charge in [0.15, 0.2) is 0 Å². The average Bonchev–Trinajstić information content (AvgIpc) is 2.66. The first-order valence-corrected chi connectivity index (χ1v) is 9.51. The zero-order valence-electron chi connectivity index (χ0n) is 17.0.